The van der Waals surface area contributed by atoms with E-state index in [2.05, 4.69) is 9.98 Å². The Bertz CT molecular complexity index is 203. The molecular weight excluding hydrogens is 156 g/mol. The third-order valence-corrected chi connectivity index (χ3v) is 1.50. The van der Waals surface area contributed by atoms with Crippen molar-refractivity contribution in [3.8, 4) is 0 Å². The summed E-state index contributed by atoms with van der Waals surface area (Å²) < 4.78 is 0. The molecule has 0 aliphatic carbocycles. The molecule has 0 aromatic rings. The summed E-state index contributed by atoms with van der Waals surface area (Å²) in [6, 6.07) is -0.0374. The number of isocyanates is 2. The van der Waals surface area contributed by atoms with Crippen molar-refractivity contribution in [2.75, 3.05) is 6.54 Å². The van der Waals surface area contributed by atoms with E-state index in [9.17, 15) is 9.59 Å². The Morgan fingerprint density at radius 1 is 1.25 bits per heavy atom. The largest absolute Gasteiger partial charge is 0.235 e. The van der Waals surface area contributed by atoms with Crippen molar-refractivity contribution < 1.29 is 9.59 Å². The molecule has 0 aromatic heterocycles. The first-order valence-corrected chi connectivity index (χ1v) is 3.95. The van der Waals surface area contributed by atoms with Gasteiger partial charge in [-0.25, -0.2) is 19.6 Å². The van der Waals surface area contributed by atoms with Crippen LogP contribution in [0, 0.1) is 0 Å². The number of carbonyl (C=O) groups excluding carboxylic acids is 2. The van der Waals surface area contributed by atoms with Crippen molar-refractivity contribution in [2.45, 2.75) is 32.2 Å². The molecule has 66 valence electrons. The second-order valence-corrected chi connectivity index (χ2v) is 2.42. The molecule has 0 aliphatic heterocycles. The van der Waals surface area contributed by atoms with Crippen LogP contribution in [0.1, 0.15) is 26.2 Å². The van der Waals surface area contributed by atoms with Gasteiger partial charge in [0.25, 0.3) is 0 Å². The number of hydrogen-bond acceptors (Lipinski definition) is 4. The lowest BCUT2D eigenvalue weighted by Gasteiger charge is -2.04. The highest BCUT2D eigenvalue weighted by Crippen LogP contribution is 2.05. The predicted octanol–water partition coefficient (Wildman–Crippen LogP) is 1.22. The zero-order valence-electron chi connectivity index (χ0n) is 7.12. The fraction of sp³-hybridized carbons (Fsp3) is 0.750. The zero-order chi connectivity index (χ0) is 9.23. The molecule has 0 N–H and O–H groups in total. The van der Waals surface area contributed by atoms with Crippen molar-refractivity contribution in [2.24, 2.45) is 9.98 Å². The van der Waals surface area contributed by atoms with Crippen molar-refractivity contribution in [3.05, 3.63) is 0 Å². The summed E-state index contributed by atoms with van der Waals surface area (Å²) in [6.45, 7) is 2.40. The Kier molecular flexibility index (Phi) is 7.05. The summed E-state index contributed by atoms with van der Waals surface area (Å²) in [5.74, 6) is 0. The minimum absolute atomic E-state index is 0.0374. The van der Waals surface area contributed by atoms with Gasteiger partial charge in [0.05, 0.1) is 12.6 Å². The predicted molar refractivity (Wildman–Crippen MR) is 44.4 cm³/mol. The molecule has 0 amide bonds. The van der Waals surface area contributed by atoms with Crippen molar-refractivity contribution in [1.29, 1.82) is 0 Å². The third-order valence-electron chi connectivity index (χ3n) is 1.50. The second-order valence-electron chi connectivity index (χ2n) is 2.42. The summed E-state index contributed by atoms with van der Waals surface area (Å²) in [7, 11) is 0. The molecule has 0 radical (unpaired) electrons. The quantitative estimate of drug-likeness (QED) is 0.442. The van der Waals surface area contributed by atoms with Crippen LogP contribution < -0.4 is 0 Å². The molecule has 0 aromatic carbocycles. The first kappa shape index (κ1) is 10.8. The van der Waals surface area contributed by atoms with Gasteiger partial charge in [-0.3, -0.25) is 0 Å². The summed E-state index contributed by atoms with van der Waals surface area (Å²) in [5.41, 5.74) is 0. The van der Waals surface area contributed by atoms with Crippen molar-refractivity contribution >= 4 is 12.2 Å². The maximum absolute atomic E-state index is 9.92. The molecule has 0 aliphatic rings. The van der Waals surface area contributed by atoms with Gasteiger partial charge in [-0.15, -0.1) is 0 Å². The van der Waals surface area contributed by atoms with Gasteiger partial charge in [0, 0.05) is 0 Å². The average Bonchev–Trinajstić information content (AvgIpc) is 2.06. The molecule has 4 heteroatoms. The van der Waals surface area contributed by atoms with Gasteiger partial charge < -0.3 is 0 Å². The SMILES string of the molecule is CCCC(CCN=C=O)N=C=O. The molecule has 0 rings (SSSR count). The smallest absolute Gasteiger partial charge is 0.211 e. The summed E-state index contributed by atoms with van der Waals surface area (Å²) in [4.78, 5) is 26.6. The van der Waals surface area contributed by atoms with Crippen LogP contribution >= 0.6 is 0 Å². The van der Waals surface area contributed by atoms with Crippen LogP contribution in [-0.2, 0) is 9.59 Å². The molecule has 0 fully saturated rings. The number of aliphatic imine (C=N–C) groups is 2. The van der Waals surface area contributed by atoms with Gasteiger partial charge in [-0.05, 0) is 12.8 Å². The molecule has 0 saturated carbocycles. The van der Waals surface area contributed by atoms with E-state index in [1.807, 2.05) is 6.92 Å². The fourth-order valence-corrected chi connectivity index (χ4v) is 0.940. The lowest BCUT2D eigenvalue weighted by atomic mass is 10.1. The Morgan fingerprint density at radius 2 is 2.00 bits per heavy atom. The van der Waals surface area contributed by atoms with E-state index >= 15 is 0 Å². The summed E-state index contributed by atoms with van der Waals surface area (Å²) in [6.07, 6.45) is 5.38. The second kappa shape index (κ2) is 7.86. The molecular formula is C8H12N2O2. The Hall–Kier alpha value is -1.24. The van der Waals surface area contributed by atoms with Gasteiger partial charge in [0.2, 0.25) is 12.2 Å². The minimum atomic E-state index is -0.0374. The normalized spacial score (nSPS) is 11.1. The fourth-order valence-electron chi connectivity index (χ4n) is 0.940. The maximum Gasteiger partial charge on any atom is 0.235 e. The average molecular weight is 168 g/mol. The Balaban J connectivity index is 3.77. The van der Waals surface area contributed by atoms with Crippen LogP contribution in [0.15, 0.2) is 9.98 Å². The zero-order valence-corrected chi connectivity index (χ0v) is 7.12. The summed E-state index contributed by atoms with van der Waals surface area (Å²) in [5, 5.41) is 0. The van der Waals surface area contributed by atoms with Crippen LogP contribution in [-0.4, -0.2) is 24.7 Å². The van der Waals surface area contributed by atoms with E-state index in [4.69, 9.17) is 0 Å². The highest BCUT2D eigenvalue weighted by molar-refractivity contribution is 5.34. The van der Waals surface area contributed by atoms with E-state index in [0.717, 1.165) is 12.8 Å². The van der Waals surface area contributed by atoms with Gasteiger partial charge in [-0.1, -0.05) is 13.3 Å². The monoisotopic (exact) mass is 168 g/mol. The Morgan fingerprint density at radius 3 is 2.50 bits per heavy atom. The highest BCUT2D eigenvalue weighted by atomic mass is 16.1. The molecule has 0 heterocycles. The topological polar surface area (TPSA) is 58.9 Å². The third kappa shape index (κ3) is 5.54. The minimum Gasteiger partial charge on any atom is -0.211 e. The van der Waals surface area contributed by atoms with Gasteiger partial charge >= 0.3 is 0 Å². The van der Waals surface area contributed by atoms with Crippen molar-refractivity contribution in [3.63, 3.8) is 0 Å². The molecule has 1 unspecified atom stereocenters. The van der Waals surface area contributed by atoms with E-state index in [-0.39, 0.29) is 6.04 Å². The van der Waals surface area contributed by atoms with Gasteiger partial charge in [0.1, 0.15) is 0 Å². The van der Waals surface area contributed by atoms with E-state index in [1.54, 1.807) is 0 Å². The van der Waals surface area contributed by atoms with Gasteiger partial charge in [0.15, 0.2) is 0 Å². The first-order valence-electron chi connectivity index (χ1n) is 3.95. The van der Waals surface area contributed by atoms with E-state index in [0.29, 0.717) is 13.0 Å². The summed E-state index contributed by atoms with van der Waals surface area (Å²) >= 11 is 0. The first-order chi connectivity index (χ1) is 5.85. The van der Waals surface area contributed by atoms with Crippen LogP contribution in [0.25, 0.3) is 0 Å². The van der Waals surface area contributed by atoms with E-state index in [1.165, 1.54) is 12.2 Å². The van der Waals surface area contributed by atoms with E-state index < -0.39 is 0 Å². The lowest BCUT2D eigenvalue weighted by Crippen LogP contribution is -2.05. The van der Waals surface area contributed by atoms with Gasteiger partial charge in [-0.2, -0.15) is 0 Å². The van der Waals surface area contributed by atoms with Crippen LogP contribution in [0.5, 0.6) is 0 Å². The highest BCUT2D eigenvalue weighted by Gasteiger charge is 2.03. The maximum atomic E-state index is 9.92. The van der Waals surface area contributed by atoms with Crippen molar-refractivity contribution in [1.82, 2.24) is 0 Å². The molecule has 0 bridgehead atoms. The molecule has 0 saturated heterocycles. The number of rotatable bonds is 6. The molecule has 4 nitrogen and oxygen atoms in total. The Labute approximate surface area is 71.4 Å². The molecule has 1 atom stereocenters. The standard InChI is InChI=1S/C8H12N2O2/c1-2-3-8(10-7-12)4-5-9-6-11/h8H,2-5H2,1H3. The number of hydrogen-bond donors (Lipinski definition) is 0. The lowest BCUT2D eigenvalue weighted by molar-refractivity contribution is 0.533. The molecule has 12 heavy (non-hydrogen) atoms. The van der Waals surface area contributed by atoms with Crippen LogP contribution in [0.3, 0.4) is 0 Å². The van der Waals surface area contributed by atoms with Crippen LogP contribution in [0.2, 0.25) is 0 Å². The number of nitrogens with zero attached hydrogens (tertiary/aromatic N) is 2. The molecule has 0 spiro atoms. The van der Waals surface area contributed by atoms with Crippen LogP contribution in [0.4, 0.5) is 0 Å².